The number of aromatic nitrogens is 1. The number of nitrogens with zero attached hydrogens (tertiary/aromatic N) is 1. The summed E-state index contributed by atoms with van der Waals surface area (Å²) in [6, 6.07) is 4.00. The van der Waals surface area contributed by atoms with Crippen LogP contribution < -0.4 is 5.32 Å². The normalized spacial score (nSPS) is 19.3. The maximum Gasteiger partial charge on any atom is 0.106 e. The van der Waals surface area contributed by atoms with E-state index in [2.05, 4.69) is 26.2 Å². The molecule has 0 saturated carbocycles. The molecule has 1 N–H and O–H groups in total. The summed E-state index contributed by atoms with van der Waals surface area (Å²) >= 11 is 3.36. The molecular formula is C13H20BrClN2O. The van der Waals surface area contributed by atoms with E-state index in [0.29, 0.717) is 6.61 Å². The minimum absolute atomic E-state index is 0. The highest BCUT2D eigenvalue weighted by atomic mass is 79.9. The fourth-order valence-electron chi connectivity index (χ4n) is 2.14. The molecule has 1 aromatic rings. The minimum Gasteiger partial charge on any atom is -0.377 e. The van der Waals surface area contributed by atoms with Crippen LogP contribution in [0.15, 0.2) is 22.9 Å². The number of hydrogen-bond donors (Lipinski definition) is 1. The first-order valence-electron chi connectivity index (χ1n) is 6.23. The van der Waals surface area contributed by atoms with Crippen LogP contribution in [-0.4, -0.2) is 24.7 Å². The SMILES string of the molecule is Brc1cc(COCCC2CCCNC2)ccn1.Cl. The Kier molecular flexibility index (Phi) is 7.82. The molecule has 1 aliphatic rings. The van der Waals surface area contributed by atoms with Crippen LogP contribution in [0.2, 0.25) is 0 Å². The van der Waals surface area contributed by atoms with E-state index in [9.17, 15) is 0 Å². The fraction of sp³-hybridized carbons (Fsp3) is 0.615. The first kappa shape index (κ1) is 15.9. The molecule has 1 saturated heterocycles. The topological polar surface area (TPSA) is 34.1 Å². The van der Waals surface area contributed by atoms with E-state index in [1.807, 2.05) is 12.1 Å². The van der Waals surface area contributed by atoms with Gasteiger partial charge in [-0.05, 0) is 71.9 Å². The first-order valence-corrected chi connectivity index (χ1v) is 7.03. The van der Waals surface area contributed by atoms with Crippen LogP contribution in [0, 0.1) is 5.92 Å². The maximum absolute atomic E-state index is 5.70. The quantitative estimate of drug-likeness (QED) is 0.663. The van der Waals surface area contributed by atoms with E-state index >= 15 is 0 Å². The zero-order valence-corrected chi connectivity index (χ0v) is 12.8. The second-order valence-electron chi connectivity index (χ2n) is 4.54. The third-order valence-corrected chi connectivity index (χ3v) is 3.56. The number of rotatable bonds is 5. The zero-order valence-electron chi connectivity index (χ0n) is 10.4. The van der Waals surface area contributed by atoms with E-state index in [1.165, 1.54) is 31.4 Å². The average Bonchev–Trinajstić information content (AvgIpc) is 2.36. The van der Waals surface area contributed by atoms with Gasteiger partial charge in [-0.25, -0.2) is 4.98 Å². The molecule has 2 rings (SSSR count). The van der Waals surface area contributed by atoms with Crippen LogP contribution in [0.25, 0.3) is 0 Å². The maximum atomic E-state index is 5.70. The lowest BCUT2D eigenvalue weighted by atomic mass is 9.97. The molecule has 0 bridgehead atoms. The van der Waals surface area contributed by atoms with Gasteiger partial charge in [-0.3, -0.25) is 0 Å². The second kappa shape index (κ2) is 8.86. The van der Waals surface area contributed by atoms with Crippen LogP contribution in [0.4, 0.5) is 0 Å². The van der Waals surface area contributed by atoms with E-state index in [-0.39, 0.29) is 12.4 Å². The van der Waals surface area contributed by atoms with Crippen molar-refractivity contribution in [2.45, 2.75) is 25.9 Å². The molecule has 18 heavy (non-hydrogen) atoms. The Labute approximate surface area is 123 Å². The van der Waals surface area contributed by atoms with Gasteiger partial charge in [0.25, 0.3) is 0 Å². The van der Waals surface area contributed by atoms with Crippen molar-refractivity contribution in [3.63, 3.8) is 0 Å². The summed E-state index contributed by atoms with van der Waals surface area (Å²) in [6.07, 6.45) is 5.62. The molecule has 0 aromatic carbocycles. The van der Waals surface area contributed by atoms with E-state index in [1.54, 1.807) is 6.20 Å². The molecular weight excluding hydrogens is 316 g/mol. The van der Waals surface area contributed by atoms with Gasteiger partial charge >= 0.3 is 0 Å². The number of nitrogens with one attached hydrogen (secondary N) is 1. The lowest BCUT2D eigenvalue weighted by Gasteiger charge is -2.22. The molecule has 1 atom stereocenters. The van der Waals surface area contributed by atoms with E-state index in [4.69, 9.17) is 4.74 Å². The van der Waals surface area contributed by atoms with Crippen LogP contribution in [-0.2, 0) is 11.3 Å². The fourth-order valence-corrected chi connectivity index (χ4v) is 2.56. The highest BCUT2D eigenvalue weighted by molar-refractivity contribution is 9.10. The summed E-state index contributed by atoms with van der Waals surface area (Å²) in [5.41, 5.74) is 1.17. The Morgan fingerprint density at radius 2 is 2.39 bits per heavy atom. The van der Waals surface area contributed by atoms with Crippen LogP contribution in [0.3, 0.4) is 0 Å². The molecule has 5 heteroatoms. The summed E-state index contributed by atoms with van der Waals surface area (Å²) in [7, 11) is 0. The largest absolute Gasteiger partial charge is 0.377 e. The van der Waals surface area contributed by atoms with Gasteiger partial charge in [-0.1, -0.05) is 0 Å². The van der Waals surface area contributed by atoms with Crippen molar-refractivity contribution in [3.05, 3.63) is 28.5 Å². The standard InChI is InChI=1S/C13H19BrN2O.ClH/c14-13-8-12(3-6-16-13)10-17-7-4-11-2-1-5-15-9-11;/h3,6,8,11,15H,1-2,4-5,7,9-10H2;1H. The Hall–Kier alpha value is -0.160. The molecule has 0 aliphatic carbocycles. The van der Waals surface area contributed by atoms with Gasteiger partial charge in [0.1, 0.15) is 4.60 Å². The number of piperidine rings is 1. The molecule has 1 fully saturated rings. The summed E-state index contributed by atoms with van der Waals surface area (Å²) < 4.78 is 6.57. The second-order valence-corrected chi connectivity index (χ2v) is 5.35. The predicted octanol–water partition coefficient (Wildman–Crippen LogP) is 3.17. The van der Waals surface area contributed by atoms with Crippen LogP contribution in [0.5, 0.6) is 0 Å². The molecule has 3 nitrogen and oxygen atoms in total. The third kappa shape index (κ3) is 5.65. The predicted molar refractivity (Wildman–Crippen MR) is 79.1 cm³/mol. The Morgan fingerprint density at radius 3 is 3.11 bits per heavy atom. The lowest BCUT2D eigenvalue weighted by molar-refractivity contribution is 0.103. The van der Waals surface area contributed by atoms with E-state index < -0.39 is 0 Å². The van der Waals surface area contributed by atoms with Gasteiger partial charge in [0.05, 0.1) is 6.61 Å². The van der Waals surface area contributed by atoms with Crippen LogP contribution in [0.1, 0.15) is 24.8 Å². The molecule has 0 spiro atoms. The van der Waals surface area contributed by atoms with Gasteiger partial charge < -0.3 is 10.1 Å². The highest BCUT2D eigenvalue weighted by Gasteiger charge is 2.12. The molecule has 0 radical (unpaired) electrons. The highest BCUT2D eigenvalue weighted by Crippen LogP contribution is 2.14. The van der Waals surface area contributed by atoms with Crippen molar-refractivity contribution in [1.29, 1.82) is 0 Å². The van der Waals surface area contributed by atoms with E-state index in [0.717, 1.165) is 23.7 Å². The number of halogens is 2. The lowest BCUT2D eigenvalue weighted by Crippen LogP contribution is -2.30. The average molecular weight is 336 g/mol. The third-order valence-electron chi connectivity index (χ3n) is 3.13. The molecule has 2 heterocycles. The van der Waals surface area contributed by atoms with Crippen molar-refractivity contribution in [1.82, 2.24) is 10.3 Å². The van der Waals surface area contributed by atoms with Crippen molar-refractivity contribution >= 4 is 28.3 Å². The molecule has 1 aromatic heterocycles. The van der Waals surface area contributed by atoms with Crippen molar-refractivity contribution in [2.75, 3.05) is 19.7 Å². The number of pyridine rings is 1. The Balaban J connectivity index is 0.00000162. The first-order chi connectivity index (χ1) is 8.34. The van der Waals surface area contributed by atoms with Crippen molar-refractivity contribution < 1.29 is 4.74 Å². The molecule has 102 valence electrons. The monoisotopic (exact) mass is 334 g/mol. The smallest absolute Gasteiger partial charge is 0.106 e. The molecule has 1 aliphatic heterocycles. The summed E-state index contributed by atoms with van der Waals surface area (Å²) in [5, 5.41) is 3.43. The van der Waals surface area contributed by atoms with Gasteiger partial charge in [-0.15, -0.1) is 12.4 Å². The van der Waals surface area contributed by atoms with Gasteiger partial charge in [-0.2, -0.15) is 0 Å². The summed E-state index contributed by atoms with van der Waals surface area (Å²) in [5.74, 6) is 0.799. The molecule has 1 unspecified atom stereocenters. The minimum atomic E-state index is 0. The van der Waals surface area contributed by atoms with Gasteiger partial charge in [0, 0.05) is 12.8 Å². The number of hydrogen-bond acceptors (Lipinski definition) is 3. The Morgan fingerprint density at radius 1 is 1.50 bits per heavy atom. The summed E-state index contributed by atoms with van der Waals surface area (Å²) in [6.45, 7) is 3.88. The summed E-state index contributed by atoms with van der Waals surface area (Å²) in [4.78, 5) is 4.09. The zero-order chi connectivity index (χ0) is 11.9. The Bertz CT molecular complexity index is 346. The number of ether oxygens (including phenoxy) is 1. The van der Waals surface area contributed by atoms with Gasteiger partial charge in [0.2, 0.25) is 0 Å². The van der Waals surface area contributed by atoms with Crippen LogP contribution >= 0.6 is 28.3 Å². The van der Waals surface area contributed by atoms with Crippen molar-refractivity contribution in [2.24, 2.45) is 5.92 Å². The van der Waals surface area contributed by atoms with Gasteiger partial charge in [0.15, 0.2) is 0 Å². The molecule has 0 amide bonds. The van der Waals surface area contributed by atoms with Crippen molar-refractivity contribution in [3.8, 4) is 0 Å².